The Morgan fingerprint density at radius 2 is 1.50 bits per heavy atom. The molecule has 1 rings (SSSR count). The SMILES string of the molecule is COC(=O)c1cccc(C(=O)[O-])c1C(=O)[O-].[Na+].[Na+]. The van der Waals surface area contributed by atoms with Crippen LogP contribution in [0.2, 0.25) is 0 Å². The Morgan fingerprint density at radius 1 is 1.00 bits per heavy atom. The molecular formula is C10H6Na2O6. The molecule has 8 heteroatoms. The molecule has 0 aliphatic heterocycles. The molecule has 0 bridgehead atoms. The maximum atomic E-state index is 11.2. The summed E-state index contributed by atoms with van der Waals surface area (Å²) in [4.78, 5) is 32.6. The van der Waals surface area contributed by atoms with Gasteiger partial charge in [0, 0.05) is 11.1 Å². The van der Waals surface area contributed by atoms with Crippen LogP contribution in [0.1, 0.15) is 31.1 Å². The van der Waals surface area contributed by atoms with Gasteiger partial charge in [-0.15, -0.1) is 0 Å². The molecular weight excluding hydrogens is 262 g/mol. The quantitative estimate of drug-likeness (QED) is 0.398. The first-order chi connectivity index (χ1) is 7.49. The van der Waals surface area contributed by atoms with Gasteiger partial charge in [-0.3, -0.25) is 0 Å². The van der Waals surface area contributed by atoms with Crippen LogP contribution in [-0.2, 0) is 4.74 Å². The van der Waals surface area contributed by atoms with Crippen LogP contribution in [0.25, 0.3) is 0 Å². The summed E-state index contributed by atoms with van der Waals surface area (Å²) < 4.78 is 4.32. The molecule has 0 radical (unpaired) electrons. The Kier molecular flexibility index (Phi) is 9.63. The van der Waals surface area contributed by atoms with Crippen molar-refractivity contribution in [3.63, 3.8) is 0 Å². The number of aromatic carboxylic acids is 2. The van der Waals surface area contributed by atoms with Crippen LogP contribution in [0, 0.1) is 0 Å². The van der Waals surface area contributed by atoms with E-state index in [2.05, 4.69) is 4.74 Å². The van der Waals surface area contributed by atoms with E-state index in [-0.39, 0.29) is 64.7 Å². The zero-order valence-electron chi connectivity index (χ0n) is 10.2. The number of benzene rings is 1. The Bertz CT molecular complexity index is 471. The topological polar surface area (TPSA) is 107 Å². The molecule has 0 atom stereocenters. The van der Waals surface area contributed by atoms with E-state index in [1.807, 2.05) is 0 Å². The van der Waals surface area contributed by atoms with Gasteiger partial charge in [0.1, 0.15) is 0 Å². The van der Waals surface area contributed by atoms with Crippen LogP contribution in [0.5, 0.6) is 0 Å². The van der Waals surface area contributed by atoms with Crippen LogP contribution < -0.4 is 69.3 Å². The second-order valence-electron chi connectivity index (χ2n) is 2.79. The third kappa shape index (κ3) is 4.38. The van der Waals surface area contributed by atoms with Crippen molar-refractivity contribution in [2.24, 2.45) is 0 Å². The average Bonchev–Trinajstić information content (AvgIpc) is 2.26. The van der Waals surface area contributed by atoms with Crippen molar-refractivity contribution in [3.8, 4) is 0 Å². The fourth-order valence-electron chi connectivity index (χ4n) is 1.22. The summed E-state index contributed by atoms with van der Waals surface area (Å²) >= 11 is 0. The van der Waals surface area contributed by atoms with Crippen molar-refractivity contribution < 1.29 is 88.4 Å². The third-order valence-corrected chi connectivity index (χ3v) is 1.89. The number of carbonyl (C=O) groups excluding carboxylic acids is 3. The first-order valence-electron chi connectivity index (χ1n) is 4.13. The normalized spacial score (nSPS) is 8.50. The first-order valence-corrected chi connectivity index (χ1v) is 4.13. The Labute approximate surface area is 147 Å². The van der Waals surface area contributed by atoms with Gasteiger partial charge < -0.3 is 24.5 Å². The Hall–Kier alpha value is -0.370. The van der Waals surface area contributed by atoms with Gasteiger partial charge in [0.2, 0.25) is 0 Å². The second kappa shape index (κ2) is 8.68. The van der Waals surface area contributed by atoms with Gasteiger partial charge in [-0.1, -0.05) is 12.1 Å². The van der Waals surface area contributed by atoms with E-state index in [0.717, 1.165) is 19.2 Å². The van der Waals surface area contributed by atoms with Gasteiger partial charge >= 0.3 is 65.1 Å². The van der Waals surface area contributed by atoms with E-state index >= 15 is 0 Å². The molecule has 1 aromatic rings. The fourth-order valence-corrected chi connectivity index (χ4v) is 1.22. The van der Waals surface area contributed by atoms with Crippen LogP contribution >= 0.6 is 0 Å². The second-order valence-corrected chi connectivity index (χ2v) is 2.79. The number of carboxylic acids is 2. The molecule has 1 aromatic carbocycles. The molecule has 0 unspecified atom stereocenters. The molecule has 0 N–H and O–H groups in total. The fraction of sp³-hybridized carbons (Fsp3) is 0.100. The molecule has 18 heavy (non-hydrogen) atoms. The Balaban J connectivity index is 0. The smallest absolute Gasteiger partial charge is 0.545 e. The molecule has 0 saturated carbocycles. The predicted molar refractivity (Wildman–Crippen MR) is 46.4 cm³/mol. The van der Waals surface area contributed by atoms with E-state index in [0.29, 0.717) is 0 Å². The number of rotatable bonds is 3. The molecule has 0 aromatic heterocycles. The summed E-state index contributed by atoms with van der Waals surface area (Å²) in [6.07, 6.45) is 0. The number of carbonyl (C=O) groups is 3. The van der Waals surface area contributed by atoms with Crippen molar-refractivity contribution >= 4 is 17.9 Å². The van der Waals surface area contributed by atoms with E-state index in [1.165, 1.54) is 6.07 Å². The van der Waals surface area contributed by atoms with Crippen molar-refractivity contribution in [3.05, 3.63) is 34.9 Å². The summed E-state index contributed by atoms with van der Waals surface area (Å²) in [5, 5.41) is 21.4. The minimum Gasteiger partial charge on any atom is -0.545 e. The first kappa shape index (κ1) is 20.0. The van der Waals surface area contributed by atoms with Gasteiger partial charge in [0.25, 0.3) is 0 Å². The van der Waals surface area contributed by atoms with Gasteiger partial charge in [-0.2, -0.15) is 0 Å². The van der Waals surface area contributed by atoms with E-state index in [9.17, 15) is 24.6 Å². The number of esters is 1. The van der Waals surface area contributed by atoms with Crippen LogP contribution in [0.4, 0.5) is 0 Å². The van der Waals surface area contributed by atoms with Crippen LogP contribution in [-0.4, -0.2) is 25.0 Å². The molecule has 84 valence electrons. The Morgan fingerprint density at radius 3 is 1.89 bits per heavy atom. The summed E-state index contributed by atoms with van der Waals surface area (Å²) in [5.41, 5.74) is -1.75. The molecule has 0 aliphatic rings. The van der Waals surface area contributed by atoms with Crippen LogP contribution in [0.15, 0.2) is 18.2 Å². The molecule has 0 aliphatic carbocycles. The zero-order chi connectivity index (χ0) is 12.3. The summed E-state index contributed by atoms with van der Waals surface area (Å²) in [6.45, 7) is 0. The number of methoxy groups -OCH3 is 1. The van der Waals surface area contributed by atoms with Gasteiger partial charge in [0.15, 0.2) is 0 Å². The maximum Gasteiger partial charge on any atom is 1.00 e. The van der Waals surface area contributed by atoms with E-state index in [1.54, 1.807) is 0 Å². The number of ether oxygens (including phenoxy) is 1. The van der Waals surface area contributed by atoms with Gasteiger partial charge in [0.05, 0.1) is 24.6 Å². The van der Waals surface area contributed by atoms with Gasteiger partial charge in [-0.25, -0.2) is 4.79 Å². The standard InChI is InChI=1S/C10H8O6.2Na/c1-16-10(15)6-4-2-3-5(8(11)12)7(6)9(13)14;;/h2-4H,1H3,(H,11,12)(H,13,14);;/q;2*+1/p-2. The maximum absolute atomic E-state index is 11.2. The van der Waals surface area contributed by atoms with Gasteiger partial charge in [-0.05, 0) is 6.07 Å². The molecule has 0 fully saturated rings. The summed E-state index contributed by atoms with van der Waals surface area (Å²) in [6, 6.07) is 3.35. The monoisotopic (exact) mass is 268 g/mol. The minimum absolute atomic E-state index is 0. The molecule has 0 spiro atoms. The summed E-state index contributed by atoms with van der Waals surface area (Å²) in [7, 11) is 1.05. The largest absolute Gasteiger partial charge is 1.00 e. The number of hydrogen-bond donors (Lipinski definition) is 0. The van der Waals surface area contributed by atoms with Crippen molar-refractivity contribution in [2.45, 2.75) is 0 Å². The molecule has 0 saturated heterocycles. The minimum atomic E-state index is -1.78. The van der Waals surface area contributed by atoms with E-state index < -0.39 is 29.0 Å². The zero-order valence-corrected chi connectivity index (χ0v) is 14.2. The summed E-state index contributed by atoms with van der Waals surface area (Å²) in [5.74, 6) is -4.44. The van der Waals surface area contributed by atoms with Crippen molar-refractivity contribution in [2.75, 3.05) is 7.11 Å². The molecule has 0 amide bonds. The number of carboxylic acid groups (broad SMARTS) is 2. The van der Waals surface area contributed by atoms with Crippen molar-refractivity contribution in [1.82, 2.24) is 0 Å². The van der Waals surface area contributed by atoms with Crippen LogP contribution in [0.3, 0.4) is 0 Å². The molecule has 6 nitrogen and oxygen atoms in total. The predicted octanol–water partition coefficient (Wildman–Crippen LogP) is -7.79. The third-order valence-electron chi connectivity index (χ3n) is 1.89. The van der Waals surface area contributed by atoms with Crippen molar-refractivity contribution in [1.29, 1.82) is 0 Å². The van der Waals surface area contributed by atoms with E-state index in [4.69, 9.17) is 0 Å². The molecule has 0 heterocycles. The average molecular weight is 268 g/mol. The number of hydrogen-bond acceptors (Lipinski definition) is 6.